The van der Waals surface area contributed by atoms with Crippen molar-refractivity contribution < 1.29 is 27.4 Å². The Labute approximate surface area is 150 Å². The van der Waals surface area contributed by atoms with Gasteiger partial charge in [-0.05, 0) is 24.3 Å². The maximum Gasteiger partial charge on any atom is 0.337 e. The average Bonchev–Trinajstić information content (AvgIpc) is 2.62. The Morgan fingerprint density at radius 3 is 2.12 bits per heavy atom. The zero-order valence-corrected chi connectivity index (χ0v) is 15.3. The quantitative estimate of drug-likeness (QED) is 0.769. The summed E-state index contributed by atoms with van der Waals surface area (Å²) in [5.74, 6) is -0.0252. The highest BCUT2D eigenvalue weighted by Crippen LogP contribution is 2.36. The number of ether oxygens (including phenoxy) is 3. The molecule has 0 bridgehead atoms. The van der Waals surface area contributed by atoms with Crippen LogP contribution in [0.4, 0.5) is 5.69 Å². The fourth-order valence-corrected chi connectivity index (χ4v) is 3.32. The lowest BCUT2D eigenvalue weighted by Crippen LogP contribution is -2.14. The largest absolute Gasteiger partial charge is 0.495 e. The molecule has 0 amide bonds. The fraction of sp³-hybridized carbons (Fsp3) is 0.188. The van der Waals surface area contributed by atoms with Crippen molar-refractivity contribution in [1.82, 2.24) is 0 Å². The summed E-state index contributed by atoms with van der Waals surface area (Å²) in [6.07, 6.45) is 0. The molecule has 7 nitrogen and oxygen atoms in total. The maximum atomic E-state index is 12.5. The van der Waals surface area contributed by atoms with E-state index in [0.29, 0.717) is 5.75 Å². The van der Waals surface area contributed by atoms with Crippen molar-refractivity contribution in [3.63, 3.8) is 0 Å². The van der Waals surface area contributed by atoms with Crippen molar-refractivity contribution in [2.45, 2.75) is 4.90 Å². The normalized spacial score (nSPS) is 10.9. The van der Waals surface area contributed by atoms with Gasteiger partial charge in [-0.15, -0.1) is 0 Å². The van der Waals surface area contributed by atoms with Crippen molar-refractivity contribution in [1.29, 1.82) is 0 Å². The first-order valence-corrected chi connectivity index (χ1v) is 8.81. The van der Waals surface area contributed by atoms with Crippen LogP contribution in [0.2, 0.25) is 5.02 Å². The zero-order valence-electron chi connectivity index (χ0n) is 13.7. The van der Waals surface area contributed by atoms with Crippen LogP contribution in [0.3, 0.4) is 0 Å². The van der Waals surface area contributed by atoms with Crippen molar-refractivity contribution in [2.75, 3.05) is 26.1 Å². The van der Waals surface area contributed by atoms with E-state index in [9.17, 15) is 13.2 Å². The smallest absolute Gasteiger partial charge is 0.337 e. The molecular weight excluding hydrogens is 370 g/mol. The minimum Gasteiger partial charge on any atom is -0.495 e. The Morgan fingerprint density at radius 2 is 1.60 bits per heavy atom. The van der Waals surface area contributed by atoms with Crippen molar-refractivity contribution in [2.24, 2.45) is 0 Å². The van der Waals surface area contributed by atoms with Gasteiger partial charge in [-0.3, -0.25) is 4.72 Å². The van der Waals surface area contributed by atoms with Gasteiger partial charge in [0.25, 0.3) is 10.0 Å². The molecule has 0 radical (unpaired) electrons. The molecule has 2 aromatic carbocycles. The zero-order chi connectivity index (χ0) is 18.6. The number of anilines is 1. The molecular formula is C16H16ClNO6S. The molecule has 0 aliphatic rings. The second-order valence-electron chi connectivity index (χ2n) is 4.81. The van der Waals surface area contributed by atoms with E-state index < -0.39 is 16.0 Å². The van der Waals surface area contributed by atoms with Crippen molar-refractivity contribution >= 4 is 33.3 Å². The highest BCUT2D eigenvalue weighted by atomic mass is 35.5. The Balaban J connectivity index is 2.37. The summed E-state index contributed by atoms with van der Waals surface area (Å²) in [6.45, 7) is 0. The maximum absolute atomic E-state index is 12.5. The second kappa shape index (κ2) is 7.62. The van der Waals surface area contributed by atoms with Gasteiger partial charge in [0, 0.05) is 12.1 Å². The molecule has 0 aliphatic carbocycles. The monoisotopic (exact) mass is 385 g/mol. The van der Waals surface area contributed by atoms with E-state index in [1.807, 2.05) is 0 Å². The van der Waals surface area contributed by atoms with Crippen LogP contribution in [-0.2, 0) is 14.8 Å². The Bertz CT molecular complexity index is 880. The lowest BCUT2D eigenvalue weighted by atomic mass is 10.2. The molecule has 0 saturated carbocycles. The molecule has 0 aliphatic heterocycles. The van der Waals surface area contributed by atoms with Crippen LogP contribution in [0.25, 0.3) is 0 Å². The number of benzene rings is 2. The van der Waals surface area contributed by atoms with E-state index in [-0.39, 0.29) is 26.9 Å². The molecule has 25 heavy (non-hydrogen) atoms. The van der Waals surface area contributed by atoms with E-state index in [1.165, 1.54) is 57.7 Å². The third-order valence-electron chi connectivity index (χ3n) is 3.30. The molecule has 2 aromatic rings. The van der Waals surface area contributed by atoms with Gasteiger partial charge < -0.3 is 14.2 Å². The predicted octanol–water partition coefficient (Wildman–Crippen LogP) is 2.94. The Hall–Kier alpha value is -2.45. The highest BCUT2D eigenvalue weighted by Gasteiger charge is 2.19. The van der Waals surface area contributed by atoms with Crippen LogP contribution in [0.5, 0.6) is 11.5 Å². The first kappa shape index (κ1) is 18.9. The molecule has 0 fully saturated rings. The molecule has 0 aromatic heterocycles. The summed E-state index contributed by atoms with van der Waals surface area (Å²) in [7, 11) is 0.135. The van der Waals surface area contributed by atoms with Gasteiger partial charge in [0.1, 0.15) is 11.5 Å². The van der Waals surface area contributed by atoms with E-state index in [0.717, 1.165) is 0 Å². The molecule has 0 atom stereocenters. The number of hydrogen-bond donors (Lipinski definition) is 1. The number of methoxy groups -OCH3 is 3. The predicted molar refractivity (Wildman–Crippen MR) is 93.1 cm³/mol. The number of esters is 1. The molecule has 9 heteroatoms. The third kappa shape index (κ3) is 4.15. The van der Waals surface area contributed by atoms with Gasteiger partial charge >= 0.3 is 5.97 Å². The minimum absolute atomic E-state index is 0.0314. The summed E-state index contributed by atoms with van der Waals surface area (Å²) in [4.78, 5) is 11.4. The van der Waals surface area contributed by atoms with Crippen LogP contribution in [0.15, 0.2) is 41.3 Å². The number of halogens is 1. The molecule has 0 spiro atoms. The van der Waals surface area contributed by atoms with Gasteiger partial charge in [0.15, 0.2) is 0 Å². The summed E-state index contributed by atoms with van der Waals surface area (Å²) in [5.41, 5.74) is 0.410. The highest BCUT2D eigenvalue weighted by molar-refractivity contribution is 7.92. The van der Waals surface area contributed by atoms with Crippen LogP contribution >= 0.6 is 11.6 Å². The summed E-state index contributed by atoms with van der Waals surface area (Å²) in [6, 6.07) is 8.18. The summed E-state index contributed by atoms with van der Waals surface area (Å²) in [5, 5.41) is 0.282. The van der Waals surface area contributed by atoms with Gasteiger partial charge in [-0.1, -0.05) is 11.6 Å². The number of rotatable bonds is 6. The van der Waals surface area contributed by atoms with Crippen LogP contribution < -0.4 is 14.2 Å². The third-order valence-corrected chi connectivity index (χ3v) is 4.98. The van der Waals surface area contributed by atoms with Crippen molar-refractivity contribution in [3.8, 4) is 11.5 Å². The number of nitrogens with one attached hydrogen (secondary N) is 1. The number of carbonyl (C=O) groups is 1. The van der Waals surface area contributed by atoms with Gasteiger partial charge in [-0.2, -0.15) is 0 Å². The van der Waals surface area contributed by atoms with E-state index >= 15 is 0 Å². The van der Waals surface area contributed by atoms with Crippen molar-refractivity contribution in [3.05, 3.63) is 47.0 Å². The Kier molecular flexibility index (Phi) is 5.76. The van der Waals surface area contributed by atoms with Crippen LogP contribution in [0, 0.1) is 0 Å². The standard InChI is InChI=1S/C16H16ClNO6S/c1-22-14-9-13(15(23-2)8-12(14)17)18-25(20,21)11-6-4-10(5-7-11)16(19)24-3/h4-9,18H,1-3H3. The van der Waals surface area contributed by atoms with E-state index in [1.54, 1.807) is 0 Å². The summed E-state index contributed by atoms with van der Waals surface area (Å²) < 4.78 is 42.3. The lowest BCUT2D eigenvalue weighted by molar-refractivity contribution is 0.0600. The average molecular weight is 386 g/mol. The lowest BCUT2D eigenvalue weighted by Gasteiger charge is -2.14. The first-order chi connectivity index (χ1) is 11.8. The van der Waals surface area contributed by atoms with Gasteiger partial charge in [-0.25, -0.2) is 13.2 Å². The topological polar surface area (TPSA) is 90.9 Å². The number of hydrogen-bond acceptors (Lipinski definition) is 6. The Morgan fingerprint density at radius 1 is 1.00 bits per heavy atom. The second-order valence-corrected chi connectivity index (χ2v) is 6.90. The van der Waals surface area contributed by atoms with Crippen LogP contribution in [0.1, 0.15) is 10.4 Å². The molecule has 0 heterocycles. The molecule has 2 rings (SSSR count). The van der Waals surface area contributed by atoms with Gasteiger partial charge in [0.05, 0.1) is 42.5 Å². The molecule has 1 N–H and O–H groups in total. The fourth-order valence-electron chi connectivity index (χ4n) is 2.03. The summed E-state index contributed by atoms with van der Waals surface area (Å²) >= 11 is 6.00. The number of carbonyl (C=O) groups excluding carboxylic acids is 1. The van der Waals surface area contributed by atoms with Gasteiger partial charge in [0.2, 0.25) is 0 Å². The molecule has 0 unspecified atom stereocenters. The van der Waals surface area contributed by atoms with E-state index in [2.05, 4.69) is 9.46 Å². The van der Waals surface area contributed by atoms with Crippen LogP contribution in [-0.4, -0.2) is 35.7 Å². The SMILES string of the molecule is COC(=O)c1ccc(S(=O)(=O)Nc2cc(OC)c(Cl)cc2OC)cc1. The minimum atomic E-state index is -3.91. The number of sulfonamides is 1. The van der Waals surface area contributed by atoms with E-state index in [4.69, 9.17) is 21.1 Å². The molecule has 134 valence electrons. The first-order valence-electron chi connectivity index (χ1n) is 6.95. The molecule has 0 saturated heterocycles.